The summed E-state index contributed by atoms with van der Waals surface area (Å²) >= 11 is 0. The quantitative estimate of drug-likeness (QED) is 0.916. The van der Waals surface area contributed by atoms with E-state index in [0.29, 0.717) is 12.5 Å². The normalized spacial score (nSPS) is 26.2. The molecule has 110 valence electrons. The van der Waals surface area contributed by atoms with Gasteiger partial charge in [0, 0.05) is 19.0 Å². The maximum atomic E-state index is 13.4. The highest BCUT2D eigenvalue weighted by Gasteiger charge is 2.35. The number of benzene rings is 1. The van der Waals surface area contributed by atoms with E-state index in [1.54, 1.807) is 0 Å². The summed E-state index contributed by atoms with van der Waals surface area (Å²) in [4.78, 5) is 1.92. The fourth-order valence-corrected chi connectivity index (χ4v) is 3.30. The Kier molecular flexibility index (Phi) is 4.03. The number of piperidine rings is 1. The van der Waals surface area contributed by atoms with Gasteiger partial charge < -0.3 is 5.32 Å². The van der Waals surface area contributed by atoms with Gasteiger partial charge in [-0.1, -0.05) is 24.3 Å². The molecule has 1 aromatic carbocycles. The Labute approximate surface area is 119 Å². The van der Waals surface area contributed by atoms with E-state index in [2.05, 4.69) is 29.6 Å². The van der Waals surface area contributed by atoms with Crippen molar-refractivity contribution in [2.45, 2.75) is 44.2 Å². The van der Waals surface area contributed by atoms with Crippen LogP contribution in [0.4, 0.5) is 8.78 Å². The molecule has 0 radical (unpaired) electrons. The van der Waals surface area contributed by atoms with E-state index in [1.165, 1.54) is 11.1 Å². The second kappa shape index (κ2) is 5.78. The molecule has 0 aliphatic carbocycles. The maximum absolute atomic E-state index is 13.4. The van der Waals surface area contributed by atoms with Gasteiger partial charge in [-0.15, -0.1) is 0 Å². The third-order valence-electron chi connectivity index (χ3n) is 4.43. The van der Waals surface area contributed by atoms with Crippen molar-refractivity contribution in [2.75, 3.05) is 19.6 Å². The topological polar surface area (TPSA) is 15.3 Å². The SMILES string of the molecule is FC1(F)CCCN(CC[C@@H]2Cc3ccccc3CN2)C1. The molecule has 4 heteroatoms. The number of hydrogen-bond acceptors (Lipinski definition) is 2. The summed E-state index contributed by atoms with van der Waals surface area (Å²) in [5.74, 6) is -2.48. The van der Waals surface area contributed by atoms with Gasteiger partial charge in [0.25, 0.3) is 5.92 Å². The summed E-state index contributed by atoms with van der Waals surface area (Å²) in [6.45, 7) is 2.43. The molecular formula is C16H22F2N2. The molecule has 0 saturated carbocycles. The Morgan fingerprint density at radius 1 is 1.25 bits per heavy atom. The first-order chi connectivity index (χ1) is 9.62. The number of nitrogens with zero attached hydrogens (tertiary/aromatic N) is 1. The van der Waals surface area contributed by atoms with Crippen LogP contribution in [-0.2, 0) is 13.0 Å². The Morgan fingerprint density at radius 2 is 2.05 bits per heavy atom. The standard InChI is InChI=1S/C16H22F2N2/c17-16(18)7-3-8-20(12-16)9-6-15-10-13-4-1-2-5-14(13)11-19-15/h1-2,4-5,15,19H,3,6-12H2/t15-/m1/s1. The predicted octanol–water partition coefficient (Wildman–Crippen LogP) is 2.82. The maximum Gasteiger partial charge on any atom is 0.260 e. The van der Waals surface area contributed by atoms with Gasteiger partial charge in [0.05, 0.1) is 6.54 Å². The van der Waals surface area contributed by atoms with E-state index in [9.17, 15) is 8.78 Å². The lowest BCUT2D eigenvalue weighted by Gasteiger charge is -2.34. The Morgan fingerprint density at radius 3 is 2.85 bits per heavy atom. The molecule has 0 bridgehead atoms. The van der Waals surface area contributed by atoms with Gasteiger partial charge in [-0.25, -0.2) is 8.78 Å². The minimum absolute atomic E-state index is 0.0541. The molecule has 1 saturated heterocycles. The average molecular weight is 280 g/mol. The average Bonchev–Trinajstić information content (AvgIpc) is 2.44. The van der Waals surface area contributed by atoms with E-state index in [0.717, 1.165) is 32.5 Å². The van der Waals surface area contributed by atoms with Crippen molar-refractivity contribution in [3.05, 3.63) is 35.4 Å². The molecule has 2 heterocycles. The van der Waals surface area contributed by atoms with E-state index in [4.69, 9.17) is 0 Å². The molecule has 20 heavy (non-hydrogen) atoms. The molecule has 2 aliphatic heterocycles. The highest BCUT2D eigenvalue weighted by Crippen LogP contribution is 2.27. The number of likely N-dealkylation sites (tertiary alicyclic amines) is 1. The Bertz CT molecular complexity index is 462. The number of hydrogen-bond donors (Lipinski definition) is 1. The van der Waals surface area contributed by atoms with Crippen LogP contribution >= 0.6 is 0 Å². The van der Waals surface area contributed by atoms with Crippen LogP contribution in [0.3, 0.4) is 0 Å². The van der Waals surface area contributed by atoms with Crippen molar-refractivity contribution in [2.24, 2.45) is 0 Å². The number of fused-ring (bicyclic) bond motifs is 1. The highest BCUT2D eigenvalue weighted by atomic mass is 19.3. The molecule has 1 fully saturated rings. The number of rotatable bonds is 3. The zero-order valence-corrected chi connectivity index (χ0v) is 11.7. The van der Waals surface area contributed by atoms with Gasteiger partial charge in [-0.3, -0.25) is 4.90 Å². The Hall–Kier alpha value is -1.00. The third kappa shape index (κ3) is 3.36. The first-order valence-corrected chi connectivity index (χ1v) is 7.53. The fraction of sp³-hybridized carbons (Fsp3) is 0.625. The molecule has 2 aliphatic rings. The second-order valence-corrected chi connectivity index (χ2v) is 6.07. The summed E-state index contributed by atoms with van der Waals surface area (Å²) in [7, 11) is 0. The lowest BCUT2D eigenvalue weighted by molar-refractivity contribution is -0.0644. The van der Waals surface area contributed by atoms with Gasteiger partial charge in [0.1, 0.15) is 0 Å². The number of halogens is 2. The molecule has 0 spiro atoms. The first-order valence-electron chi connectivity index (χ1n) is 7.53. The minimum Gasteiger partial charge on any atom is -0.310 e. The zero-order valence-electron chi connectivity index (χ0n) is 11.7. The van der Waals surface area contributed by atoms with Crippen LogP contribution in [0.25, 0.3) is 0 Å². The molecule has 1 N–H and O–H groups in total. The lowest BCUT2D eigenvalue weighted by atomic mass is 9.94. The van der Waals surface area contributed by atoms with Crippen LogP contribution in [-0.4, -0.2) is 36.5 Å². The van der Waals surface area contributed by atoms with Crippen molar-refractivity contribution >= 4 is 0 Å². The molecule has 0 amide bonds. The van der Waals surface area contributed by atoms with Crippen molar-refractivity contribution in [3.8, 4) is 0 Å². The van der Waals surface area contributed by atoms with Crippen LogP contribution in [0, 0.1) is 0 Å². The van der Waals surface area contributed by atoms with Crippen molar-refractivity contribution in [1.82, 2.24) is 10.2 Å². The smallest absolute Gasteiger partial charge is 0.260 e. The van der Waals surface area contributed by atoms with Crippen LogP contribution in [0.2, 0.25) is 0 Å². The van der Waals surface area contributed by atoms with Gasteiger partial charge in [0.2, 0.25) is 0 Å². The lowest BCUT2D eigenvalue weighted by Crippen LogP contribution is -2.45. The van der Waals surface area contributed by atoms with Gasteiger partial charge >= 0.3 is 0 Å². The van der Waals surface area contributed by atoms with Gasteiger partial charge in [-0.2, -0.15) is 0 Å². The molecule has 0 aromatic heterocycles. The number of alkyl halides is 2. The van der Waals surface area contributed by atoms with Crippen LogP contribution in [0.5, 0.6) is 0 Å². The summed E-state index contributed by atoms with van der Waals surface area (Å²) in [6.07, 6.45) is 2.64. The van der Waals surface area contributed by atoms with E-state index in [-0.39, 0.29) is 13.0 Å². The summed E-state index contributed by atoms with van der Waals surface area (Å²) in [6, 6.07) is 8.89. The van der Waals surface area contributed by atoms with Gasteiger partial charge in [-0.05, 0) is 43.5 Å². The highest BCUT2D eigenvalue weighted by molar-refractivity contribution is 5.29. The first kappa shape index (κ1) is 14.0. The van der Waals surface area contributed by atoms with Crippen molar-refractivity contribution < 1.29 is 8.78 Å². The predicted molar refractivity (Wildman–Crippen MR) is 76.0 cm³/mol. The molecule has 3 rings (SSSR count). The minimum atomic E-state index is -2.48. The summed E-state index contributed by atoms with van der Waals surface area (Å²) in [5.41, 5.74) is 2.77. The van der Waals surface area contributed by atoms with Crippen LogP contribution < -0.4 is 5.32 Å². The molecule has 1 aromatic rings. The summed E-state index contributed by atoms with van der Waals surface area (Å²) in [5, 5.41) is 3.52. The molecule has 0 unspecified atom stereocenters. The number of nitrogens with one attached hydrogen (secondary N) is 1. The van der Waals surface area contributed by atoms with E-state index in [1.807, 2.05) is 4.90 Å². The van der Waals surface area contributed by atoms with E-state index < -0.39 is 5.92 Å². The van der Waals surface area contributed by atoms with Gasteiger partial charge in [0.15, 0.2) is 0 Å². The zero-order chi connectivity index (χ0) is 14.0. The fourth-order valence-electron chi connectivity index (χ4n) is 3.30. The Balaban J connectivity index is 1.50. The van der Waals surface area contributed by atoms with Crippen molar-refractivity contribution in [3.63, 3.8) is 0 Å². The molecule has 2 nitrogen and oxygen atoms in total. The monoisotopic (exact) mass is 280 g/mol. The summed E-state index contributed by atoms with van der Waals surface area (Å²) < 4.78 is 26.7. The van der Waals surface area contributed by atoms with Crippen LogP contribution in [0.1, 0.15) is 30.4 Å². The molecule has 1 atom stereocenters. The van der Waals surface area contributed by atoms with E-state index >= 15 is 0 Å². The third-order valence-corrected chi connectivity index (χ3v) is 4.43. The largest absolute Gasteiger partial charge is 0.310 e. The van der Waals surface area contributed by atoms with Crippen molar-refractivity contribution in [1.29, 1.82) is 0 Å². The molecular weight excluding hydrogens is 258 g/mol. The van der Waals surface area contributed by atoms with Crippen LogP contribution in [0.15, 0.2) is 24.3 Å². The second-order valence-electron chi connectivity index (χ2n) is 6.07.